The van der Waals surface area contributed by atoms with Crippen LogP contribution in [0.25, 0.3) is 0 Å². The van der Waals surface area contributed by atoms with E-state index in [2.05, 4.69) is 5.73 Å². The van der Waals surface area contributed by atoms with Gasteiger partial charge in [0.2, 0.25) is 0 Å². The number of rotatable bonds is 8. The second kappa shape index (κ2) is 11.2. The molecular weight excluding hydrogens is 244 g/mol. The average Bonchev–Trinajstić information content (AvgIpc) is 2.38. The summed E-state index contributed by atoms with van der Waals surface area (Å²) in [7, 11) is 3.17. The zero-order chi connectivity index (χ0) is 14.5. The van der Waals surface area contributed by atoms with Crippen molar-refractivity contribution in [1.82, 2.24) is 0 Å². The summed E-state index contributed by atoms with van der Waals surface area (Å²) < 4.78 is 20.4. The van der Waals surface area contributed by atoms with Crippen LogP contribution in [0.15, 0.2) is 53.8 Å². The van der Waals surface area contributed by atoms with Crippen molar-refractivity contribution >= 4 is 0 Å². The molecule has 0 aromatic heterocycles. The third kappa shape index (κ3) is 9.77. The zero-order valence-corrected chi connectivity index (χ0v) is 12.2. The predicted octanol–water partition coefficient (Wildman–Crippen LogP) is 3.65. The van der Waals surface area contributed by atoms with Crippen LogP contribution in [0, 0.1) is 0 Å². The van der Waals surface area contributed by atoms with Gasteiger partial charge in [-0.25, -0.2) is 0 Å². The number of methoxy groups -OCH3 is 2. The van der Waals surface area contributed by atoms with E-state index in [1.807, 2.05) is 26.8 Å². The van der Waals surface area contributed by atoms with Crippen LogP contribution in [0.1, 0.15) is 20.8 Å². The molecule has 0 atom stereocenters. The van der Waals surface area contributed by atoms with Gasteiger partial charge >= 0.3 is 0 Å². The fourth-order valence-electron chi connectivity index (χ4n) is 0.853. The summed E-state index contributed by atoms with van der Waals surface area (Å²) in [6.07, 6.45) is 7.86. The molecule has 0 N–H and O–H groups in total. The molecule has 0 fully saturated rings. The van der Waals surface area contributed by atoms with Crippen molar-refractivity contribution in [3.05, 3.63) is 53.8 Å². The summed E-state index contributed by atoms with van der Waals surface area (Å²) in [5.74, 6) is 1.38. The van der Waals surface area contributed by atoms with Crippen LogP contribution in [0.5, 0.6) is 0 Å². The average molecular weight is 266 g/mol. The summed E-state index contributed by atoms with van der Waals surface area (Å²) in [5.41, 5.74) is 3.87. The van der Waals surface area contributed by atoms with Crippen molar-refractivity contribution in [3.63, 3.8) is 0 Å². The molecule has 0 spiro atoms. The molecule has 106 valence electrons. The minimum Gasteiger partial charge on any atom is -0.500 e. The Balaban J connectivity index is 4.36. The molecular formula is C15H22O4. The molecule has 19 heavy (non-hydrogen) atoms. The number of ether oxygens (including phenoxy) is 4. The maximum Gasteiger partial charge on any atom is 0.161 e. The van der Waals surface area contributed by atoms with Gasteiger partial charge in [-0.3, -0.25) is 0 Å². The monoisotopic (exact) mass is 266 g/mol. The van der Waals surface area contributed by atoms with Gasteiger partial charge in [0.05, 0.1) is 19.5 Å². The molecule has 0 unspecified atom stereocenters. The molecule has 0 aromatic rings. The smallest absolute Gasteiger partial charge is 0.161 e. The lowest BCUT2D eigenvalue weighted by Gasteiger charge is -2.00. The molecule has 0 rings (SSSR count). The van der Waals surface area contributed by atoms with E-state index in [-0.39, 0.29) is 0 Å². The Hall–Kier alpha value is -1.90. The summed E-state index contributed by atoms with van der Waals surface area (Å²) in [5, 5.41) is 0. The first-order valence-electron chi connectivity index (χ1n) is 5.87. The third-order valence-corrected chi connectivity index (χ3v) is 2.05. The molecule has 0 heterocycles. The second-order valence-corrected chi connectivity index (χ2v) is 3.81. The zero-order valence-electron chi connectivity index (χ0n) is 12.2. The Morgan fingerprint density at radius 2 is 1.74 bits per heavy atom. The van der Waals surface area contributed by atoms with E-state index in [1.54, 1.807) is 20.3 Å². The normalized spacial score (nSPS) is 10.7. The Bertz CT molecular complexity index is 392. The molecule has 0 aliphatic rings. The Kier molecular flexibility index (Phi) is 10.1. The van der Waals surface area contributed by atoms with Crippen molar-refractivity contribution in [2.75, 3.05) is 20.8 Å². The first kappa shape index (κ1) is 17.1. The largest absolute Gasteiger partial charge is 0.500 e. The summed E-state index contributed by atoms with van der Waals surface area (Å²) >= 11 is 0. The molecule has 0 radical (unpaired) electrons. The van der Waals surface area contributed by atoms with Gasteiger partial charge in [0.25, 0.3) is 0 Å². The number of hydrogen-bond acceptors (Lipinski definition) is 4. The minimum absolute atomic E-state index is 0.507. The van der Waals surface area contributed by atoms with Crippen molar-refractivity contribution in [2.45, 2.75) is 20.8 Å². The van der Waals surface area contributed by atoms with Gasteiger partial charge in [-0.2, -0.15) is 0 Å². The molecule has 0 aliphatic carbocycles. The van der Waals surface area contributed by atoms with Crippen LogP contribution in [0.4, 0.5) is 0 Å². The molecule has 0 saturated carbocycles. The quantitative estimate of drug-likeness (QED) is 0.382. The highest BCUT2D eigenvalue weighted by atomic mass is 16.5. The Morgan fingerprint density at radius 3 is 2.32 bits per heavy atom. The molecule has 0 aliphatic heterocycles. The topological polar surface area (TPSA) is 36.9 Å². The third-order valence-electron chi connectivity index (χ3n) is 2.05. The first-order valence-corrected chi connectivity index (χ1v) is 5.87. The number of allylic oxidation sites excluding steroid dienone is 3. The molecule has 0 bridgehead atoms. The maximum absolute atomic E-state index is 5.30. The van der Waals surface area contributed by atoms with Gasteiger partial charge in [0.15, 0.2) is 5.76 Å². The van der Waals surface area contributed by atoms with Crippen molar-refractivity contribution in [3.8, 4) is 0 Å². The SMILES string of the molecule is COC=C(C=CCOC)OC=C=COC(C)=C(C)C. The molecule has 0 amide bonds. The summed E-state index contributed by atoms with van der Waals surface area (Å²) in [6.45, 7) is 6.35. The molecule has 0 saturated heterocycles. The maximum atomic E-state index is 5.30. The predicted molar refractivity (Wildman–Crippen MR) is 75.0 cm³/mol. The van der Waals surface area contributed by atoms with Gasteiger partial charge < -0.3 is 18.9 Å². The lowest BCUT2D eigenvalue weighted by atomic mass is 10.3. The lowest BCUT2D eigenvalue weighted by Crippen LogP contribution is -1.85. The van der Waals surface area contributed by atoms with Crippen LogP contribution in [-0.4, -0.2) is 20.8 Å². The summed E-state index contributed by atoms with van der Waals surface area (Å²) in [6, 6.07) is 0. The van der Waals surface area contributed by atoms with Crippen molar-refractivity contribution < 1.29 is 18.9 Å². The van der Waals surface area contributed by atoms with Gasteiger partial charge in [0.1, 0.15) is 18.8 Å². The van der Waals surface area contributed by atoms with E-state index in [0.717, 1.165) is 11.3 Å². The Morgan fingerprint density at radius 1 is 1.05 bits per heavy atom. The van der Waals surface area contributed by atoms with Crippen molar-refractivity contribution in [1.29, 1.82) is 0 Å². The standard InChI is InChI=1S/C15H22O4/c1-13(2)14(3)18-10-7-11-19-15(12-17-5)8-6-9-16-4/h6,8,10-12H,9H2,1-5H3. The van der Waals surface area contributed by atoms with Crippen LogP contribution in [0.2, 0.25) is 0 Å². The highest BCUT2D eigenvalue weighted by Crippen LogP contribution is 2.04. The number of hydrogen-bond donors (Lipinski definition) is 0. The fourth-order valence-corrected chi connectivity index (χ4v) is 0.853. The van der Waals surface area contributed by atoms with Gasteiger partial charge in [-0.1, -0.05) is 6.08 Å². The van der Waals surface area contributed by atoms with Crippen molar-refractivity contribution in [2.24, 2.45) is 0 Å². The lowest BCUT2D eigenvalue weighted by molar-refractivity contribution is 0.233. The summed E-state index contributed by atoms with van der Waals surface area (Å²) in [4.78, 5) is 0. The van der Waals surface area contributed by atoms with E-state index in [4.69, 9.17) is 18.9 Å². The first-order chi connectivity index (χ1) is 9.11. The second-order valence-electron chi connectivity index (χ2n) is 3.81. The van der Waals surface area contributed by atoms with E-state index in [1.165, 1.54) is 18.8 Å². The van der Waals surface area contributed by atoms with Crippen LogP contribution in [-0.2, 0) is 18.9 Å². The Labute approximate surface area is 115 Å². The molecule has 0 aromatic carbocycles. The van der Waals surface area contributed by atoms with Crippen LogP contribution < -0.4 is 0 Å². The minimum atomic E-state index is 0.507. The molecule has 4 nitrogen and oxygen atoms in total. The van der Waals surface area contributed by atoms with Gasteiger partial charge in [0, 0.05) is 7.11 Å². The van der Waals surface area contributed by atoms with Crippen LogP contribution in [0.3, 0.4) is 0 Å². The van der Waals surface area contributed by atoms with Crippen LogP contribution >= 0.6 is 0 Å². The van der Waals surface area contributed by atoms with Gasteiger partial charge in [-0.15, -0.1) is 0 Å². The van der Waals surface area contributed by atoms with E-state index >= 15 is 0 Å². The fraction of sp³-hybridized carbons (Fsp3) is 0.400. The highest BCUT2D eigenvalue weighted by Gasteiger charge is 1.90. The van der Waals surface area contributed by atoms with E-state index < -0.39 is 0 Å². The highest BCUT2D eigenvalue weighted by molar-refractivity contribution is 5.10. The van der Waals surface area contributed by atoms with E-state index in [0.29, 0.717) is 12.4 Å². The molecule has 4 heteroatoms. The van der Waals surface area contributed by atoms with E-state index in [9.17, 15) is 0 Å². The van der Waals surface area contributed by atoms with Gasteiger partial charge in [-0.05, 0) is 38.2 Å².